The molecule has 0 unspecified atom stereocenters. The summed E-state index contributed by atoms with van der Waals surface area (Å²) in [6.45, 7) is -0.0898. The van der Waals surface area contributed by atoms with Gasteiger partial charge in [0.2, 0.25) is 18.3 Å². The molecule has 2 rings (SSSR count). The van der Waals surface area contributed by atoms with Crippen LogP contribution in [0.2, 0.25) is 0 Å². The van der Waals surface area contributed by atoms with Gasteiger partial charge in [0.15, 0.2) is 5.75 Å². The maximum absolute atomic E-state index is 11.5. The van der Waals surface area contributed by atoms with E-state index in [4.69, 9.17) is 14.2 Å². The molecule has 1 aromatic rings. The Morgan fingerprint density at radius 1 is 1.44 bits per heavy atom. The average molecular weight is 255 g/mol. The predicted molar refractivity (Wildman–Crippen MR) is 57.1 cm³/mol. The van der Waals surface area contributed by atoms with E-state index in [1.165, 1.54) is 13.2 Å². The van der Waals surface area contributed by atoms with E-state index in [0.717, 1.165) is 7.11 Å². The largest absolute Gasteiger partial charge is 0.487 e. The number of rotatable bonds is 3. The second-order valence-corrected chi connectivity index (χ2v) is 3.29. The number of ether oxygens (including phenoxy) is 4. The molecule has 1 aromatic carbocycles. The van der Waals surface area contributed by atoms with Crippen LogP contribution in [0.1, 0.15) is 10.4 Å². The third-order valence-electron chi connectivity index (χ3n) is 2.39. The molecule has 0 aromatic heterocycles. The first-order valence-electron chi connectivity index (χ1n) is 4.83. The van der Waals surface area contributed by atoms with E-state index < -0.39 is 16.6 Å². The number of nitro groups is 1. The van der Waals surface area contributed by atoms with Crippen molar-refractivity contribution in [3.63, 3.8) is 0 Å². The molecule has 0 amide bonds. The van der Waals surface area contributed by atoms with E-state index in [0.29, 0.717) is 0 Å². The van der Waals surface area contributed by atoms with Crippen molar-refractivity contribution in [2.75, 3.05) is 21.0 Å². The van der Waals surface area contributed by atoms with Gasteiger partial charge in [-0.15, -0.1) is 0 Å². The molecular formula is C10H9NO7. The first-order chi connectivity index (χ1) is 8.60. The monoisotopic (exact) mass is 255 g/mol. The van der Waals surface area contributed by atoms with Gasteiger partial charge in [0.25, 0.3) is 0 Å². The van der Waals surface area contributed by atoms with Crippen molar-refractivity contribution in [1.29, 1.82) is 0 Å². The highest BCUT2D eigenvalue weighted by molar-refractivity contribution is 5.97. The molecule has 0 radical (unpaired) electrons. The lowest BCUT2D eigenvalue weighted by Crippen LogP contribution is -2.07. The highest BCUT2D eigenvalue weighted by Gasteiger charge is 2.35. The molecule has 8 heteroatoms. The van der Waals surface area contributed by atoms with Crippen LogP contribution in [-0.2, 0) is 4.74 Å². The molecule has 0 atom stereocenters. The zero-order chi connectivity index (χ0) is 13.3. The Labute approximate surface area is 101 Å². The van der Waals surface area contributed by atoms with E-state index in [-0.39, 0.29) is 29.6 Å². The zero-order valence-corrected chi connectivity index (χ0v) is 9.59. The van der Waals surface area contributed by atoms with Crippen LogP contribution < -0.4 is 14.2 Å². The van der Waals surface area contributed by atoms with Crippen LogP contribution >= 0.6 is 0 Å². The fraction of sp³-hybridized carbons (Fsp3) is 0.300. The molecule has 8 nitrogen and oxygen atoms in total. The third-order valence-corrected chi connectivity index (χ3v) is 2.39. The minimum Gasteiger partial charge on any atom is -0.487 e. The Hall–Kier alpha value is -2.51. The van der Waals surface area contributed by atoms with Crippen molar-refractivity contribution >= 4 is 11.7 Å². The Morgan fingerprint density at radius 3 is 2.72 bits per heavy atom. The second-order valence-electron chi connectivity index (χ2n) is 3.29. The van der Waals surface area contributed by atoms with Crippen LogP contribution in [0.5, 0.6) is 17.2 Å². The maximum Gasteiger partial charge on any atom is 0.345 e. The van der Waals surface area contributed by atoms with Crippen LogP contribution in [-0.4, -0.2) is 31.9 Å². The molecule has 1 aliphatic rings. The highest BCUT2D eigenvalue weighted by atomic mass is 16.7. The summed E-state index contributed by atoms with van der Waals surface area (Å²) >= 11 is 0. The number of nitrogens with zero attached hydrogens (tertiary/aromatic N) is 1. The van der Waals surface area contributed by atoms with Gasteiger partial charge in [0, 0.05) is 6.07 Å². The minimum atomic E-state index is -0.849. The van der Waals surface area contributed by atoms with Gasteiger partial charge in [-0.25, -0.2) is 4.79 Å². The number of hydrogen-bond acceptors (Lipinski definition) is 7. The van der Waals surface area contributed by atoms with Crippen molar-refractivity contribution in [2.24, 2.45) is 0 Å². The molecule has 0 spiro atoms. The van der Waals surface area contributed by atoms with Crippen LogP contribution in [0, 0.1) is 10.1 Å². The number of nitro benzene ring substituents is 1. The topological polar surface area (TPSA) is 97.1 Å². The van der Waals surface area contributed by atoms with Gasteiger partial charge < -0.3 is 18.9 Å². The zero-order valence-electron chi connectivity index (χ0n) is 9.59. The van der Waals surface area contributed by atoms with Crippen LogP contribution in [0.25, 0.3) is 0 Å². The van der Waals surface area contributed by atoms with Crippen molar-refractivity contribution in [3.05, 3.63) is 21.7 Å². The molecule has 0 aliphatic carbocycles. The van der Waals surface area contributed by atoms with Crippen LogP contribution in [0.15, 0.2) is 6.07 Å². The van der Waals surface area contributed by atoms with Gasteiger partial charge in [0.05, 0.1) is 19.1 Å². The number of benzene rings is 1. The molecule has 96 valence electrons. The van der Waals surface area contributed by atoms with Crippen molar-refractivity contribution in [3.8, 4) is 17.2 Å². The SMILES string of the molecule is COC(=O)c1cc2c(c(OC)c1[N+](=O)[O-])OCO2. The first kappa shape index (κ1) is 12.0. The number of carbonyl (C=O) groups is 1. The third kappa shape index (κ3) is 1.67. The van der Waals surface area contributed by atoms with Gasteiger partial charge in [-0.05, 0) is 0 Å². The molecule has 0 saturated heterocycles. The molecule has 1 heterocycles. The first-order valence-corrected chi connectivity index (χ1v) is 4.83. The van der Waals surface area contributed by atoms with Gasteiger partial charge in [-0.2, -0.15) is 0 Å². The molecule has 0 N–H and O–H groups in total. The summed E-state index contributed by atoms with van der Waals surface area (Å²) in [6, 6.07) is 1.20. The Kier molecular flexibility index (Phi) is 2.92. The van der Waals surface area contributed by atoms with E-state index in [9.17, 15) is 14.9 Å². The Balaban J connectivity index is 2.73. The summed E-state index contributed by atoms with van der Waals surface area (Å²) in [5, 5.41) is 11.0. The molecule has 0 bridgehead atoms. The van der Waals surface area contributed by atoms with Gasteiger partial charge >= 0.3 is 11.7 Å². The fourth-order valence-corrected chi connectivity index (χ4v) is 1.64. The van der Waals surface area contributed by atoms with Gasteiger partial charge in [-0.3, -0.25) is 10.1 Å². The molecule has 0 fully saturated rings. The average Bonchev–Trinajstić information content (AvgIpc) is 2.82. The number of esters is 1. The van der Waals surface area contributed by atoms with Gasteiger partial charge in [-0.1, -0.05) is 0 Å². The molecule has 0 saturated carbocycles. The smallest absolute Gasteiger partial charge is 0.345 e. The molecule has 1 aliphatic heterocycles. The van der Waals surface area contributed by atoms with Crippen molar-refractivity contribution < 1.29 is 28.7 Å². The van der Waals surface area contributed by atoms with E-state index in [2.05, 4.69) is 4.74 Å². The van der Waals surface area contributed by atoms with Crippen LogP contribution in [0.3, 0.4) is 0 Å². The van der Waals surface area contributed by atoms with E-state index in [1.54, 1.807) is 0 Å². The lowest BCUT2D eigenvalue weighted by atomic mass is 10.1. The summed E-state index contributed by atoms with van der Waals surface area (Å²) in [5.74, 6) is -0.691. The summed E-state index contributed by atoms with van der Waals surface area (Å²) in [7, 11) is 2.37. The normalized spacial score (nSPS) is 12.1. The number of methoxy groups -OCH3 is 2. The summed E-state index contributed by atoms with van der Waals surface area (Å²) < 4.78 is 19.6. The lowest BCUT2D eigenvalue weighted by molar-refractivity contribution is -0.386. The maximum atomic E-state index is 11.5. The highest BCUT2D eigenvalue weighted by Crippen LogP contribution is 2.48. The number of fused-ring (bicyclic) bond motifs is 1. The molecular weight excluding hydrogens is 246 g/mol. The lowest BCUT2D eigenvalue weighted by Gasteiger charge is -2.08. The minimum absolute atomic E-state index is 0.0898. The summed E-state index contributed by atoms with van der Waals surface area (Å²) in [4.78, 5) is 21.8. The predicted octanol–water partition coefficient (Wildman–Crippen LogP) is 1.12. The molecule has 18 heavy (non-hydrogen) atoms. The van der Waals surface area contributed by atoms with E-state index in [1.807, 2.05) is 0 Å². The quantitative estimate of drug-likeness (QED) is 0.453. The summed E-state index contributed by atoms with van der Waals surface area (Å²) in [5.41, 5.74) is -0.753. The Bertz CT molecular complexity index is 525. The summed E-state index contributed by atoms with van der Waals surface area (Å²) in [6.07, 6.45) is 0. The number of carbonyl (C=O) groups excluding carboxylic acids is 1. The van der Waals surface area contributed by atoms with Crippen molar-refractivity contribution in [2.45, 2.75) is 0 Å². The van der Waals surface area contributed by atoms with E-state index >= 15 is 0 Å². The fourth-order valence-electron chi connectivity index (χ4n) is 1.64. The van der Waals surface area contributed by atoms with Crippen molar-refractivity contribution in [1.82, 2.24) is 0 Å². The van der Waals surface area contributed by atoms with Crippen LogP contribution in [0.4, 0.5) is 5.69 Å². The second kappa shape index (κ2) is 4.40. The Morgan fingerprint density at radius 2 is 2.17 bits per heavy atom. The van der Waals surface area contributed by atoms with Gasteiger partial charge in [0.1, 0.15) is 5.56 Å². The number of hydrogen-bond donors (Lipinski definition) is 0. The standard InChI is InChI=1S/C10H9NO7/c1-15-9-7(11(13)14)5(10(12)16-2)3-6-8(9)18-4-17-6/h3H,4H2,1-2H3.